The minimum Gasteiger partial charge on any atom is -0.479 e. The van der Waals surface area contributed by atoms with Crippen LogP contribution in [0.4, 0.5) is 11.5 Å². The van der Waals surface area contributed by atoms with Crippen LogP contribution in [0.2, 0.25) is 0 Å². The number of hydrogen-bond donors (Lipinski definition) is 1. The van der Waals surface area contributed by atoms with Crippen LogP contribution in [0.15, 0.2) is 6.33 Å². The summed E-state index contributed by atoms with van der Waals surface area (Å²) in [5.74, 6) is 1.14. The van der Waals surface area contributed by atoms with Crippen molar-refractivity contribution < 1.29 is 4.74 Å². The Hall–Kier alpha value is -1.52. The van der Waals surface area contributed by atoms with E-state index in [-0.39, 0.29) is 0 Å². The SMILES string of the molecule is CCC(C)N(C)c1ncnc(OC)c1N. The summed E-state index contributed by atoms with van der Waals surface area (Å²) >= 11 is 0. The van der Waals surface area contributed by atoms with Crippen LogP contribution in [-0.4, -0.2) is 30.2 Å². The lowest BCUT2D eigenvalue weighted by atomic mass is 10.2. The Labute approximate surface area is 90.3 Å². The quantitative estimate of drug-likeness (QED) is 0.811. The first-order chi connectivity index (χ1) is 7.11. The minimum absolute atomic E-state index is 0.381. The molecule has 2 N–H and O–H groups in total. The molecule has 0 aliphatic rings. The number of ether oxygens (including phenoxy) is 1. The molecule has 5 heteroatoms. The molecule has 0 aliphatic carbocycles. The first kappa shape index (κ1) is 11.6. The van der Waals surface area contributed by atoms with Gasteiger partial charge in [-0.3, -0.25) is 0 Å². The largest absolute Gasteiger partial charge is 0.479 e. The van der Waals surface area contributed by atoms with Gasteiger partial charge in [-0.1, -0.05) is 6.92 Å². The van der Waals surface area contributed by atoms with Crippen molar-refractivity contribution in [3.8, 4) is 5.88 Å². The van der Waals surface area contributed by atoms with Gasteiger partial charge in [0, 0.05) is 13.1 Å². The van der Waals surface area contributed by atoms with Crippen LogP contribution < -0.4 is 15.4 Å². The fraction of sp³-hybridized carbons (Fsp3) is 0.600. The molecule has 0 saturated carbocycles. The van der Waals surface area contributed by atoms with Gasteiger partial charge in [-0.2, -0.15) is 4.98 Å². The lowest BCUT2D eigenvalue weighted by Crippen LogP contribution is -2.29. The molecule has 0 aromatic carbocycles. The topological polar surface area (TPSA) is 64.3 Å². The van der Waals surface area contributed by atoms with Crippen LogP contribution in [0.5, 0.6) is 5.88 Å². The summed E-state index contributed by atoms with van der Waals surface area (Å²) < 4.78 is 5.05. The number of hydrogen-bond acceptors (Lipinski definition) is 5. The van der Waals surface area contributed by atoms with E-state index in [4.69, 9.17) is 10.5 Å². The Morgan fingerprint density at radius 3 is 2.73 bits per heavy atom. The van der Waals surface area contributed by atoms with E-state index in [0.29, 0.717) is 17.6 Å². The number of nitrogens with two attached hydrogens (primary N) is 1. The van der Waals surface area contributed by atoms with Crippen molar-refractivity contribution in [3.05, 3.63) is 6.33 Å². The van der Waals surface area contributed by atoms with Crippen molar-refractivity contribution in [2.24, 2.45) is 0 Å². The van der Waals surface area contributed by atoms with Crippen molar-refractivity contribution in [1.29, 1.82) is 0 Å². The summed E-state index contributed by atoms with van der Waals surface area (Å²) in [6, 6.07) is 0.381. The Morgan fingerprint density at radius 1 is 1.53 bits per heavy atom. The zero-order valence-electron chi connectivity index (χ0n) is 9.69. The van der Waals surface area contributed by atoms with Crippen molar-refractivity contribution in [3.63, 3.8) is 0 Å². The Balaban J connectivity index is 3.03. The Kier molecular flexibility index (Phi) is 3.71. The van der Waals surface area contributed by atoms with E-state index >= 15 is 0 Å². The predicted octanol–water partition coefficient (Wildman–Crippen LogP) is 1.30. The van der Waals surface area contributed by atoms with E-state index in [2.05, 4.69) is 23.8 Å². The smallest absolute Gasteiger partial charge is 0.242 e. The first-order valence-corrected chi connectivity index (χ1v) is 4.99. The Bertz CT molecular complexity index is 329. The third-order valence-corrected chi connectivity index (χ3v) is 2.61. The number of nitrogen functional groups attached to an aromatic ring is 1. The molecule has 5 nitrogen and oxygen atoms in total. The number of methoxy groups -OCH3 is 1. The molecule has 1 unspecified atom stereocenters. The molecule has 0 saturated heterocycles. The summed E-state index contributed by atoms with van der Waals surface area (Å²) in [5, 5.41) is 0. The van der Waals surface area contributed by atoms with E-state index in [9.17, 15) is 0 Å². The number of nitrogens with zero attached hydrogens (tertiary/aromatic N) is 3. The molecule has 0 amide bonds. The molecule has 0 bridgehead atoms. The summed E-state index contributed by atoms with van der Waals surface area (Å²) in [5.41, 5.74) is 6.38. The monoisotopic (exact) mass is 210 g/mol. The van der Waals surface area contributed by atoms with Crippen molar-refractivity contribution >= 4 is 11.5 Å². The van der Waals surface area contributed by atoms with Crippen LogP contribution in [0.25, 0.3) is 0 Å². The van der Waals surface area contributed by atoms with Gasteiger partial charge in [0.15, 0.2) is 5.82 Å². The maximum absolute atomic E-state index is 5.90. The van der Waals surface area contributed by atoms with Gasteiger partial charge in [-0.25, -0.2) is 4.98 Å². The molecule has 1 aromatic heterocycles. The van der Waals surface area contributed by atoms with E-state index in [1.54, 1.807) is 7.11 Å². The van der Waals surface area contributed by atoms with Gasteiger partial charge in [-0.05, 0) is 13.3 Å². The molecule has 15 heavy (non-hydrogen) atoms. The average molecular weight is 210 g/mol. The molecule has 1 aromatic rings. The molecule has 1 rings (SSSR count). The zero-order valence-corrected chi connectivity index (χ0v) is 9.69. The maximum atomic E-state index is 5.90. The van der Waals surface area contributed by atoms with Crippen molar-refractivity contribution in [2.45, 2.75) is 26.3 Å². The van der Waals surface area contributed by atoms with Gasteiger partial charge in [0.1, 0.15) is 12.0 Å². The molecule has 0 radical (unpaired) electrons. The molecule has 84 valence electrons. The van der Waals surface area contributed by atoms with Crippen LogP contribution in [0.3, 0.4) is 0 Å². The molecular weight excluding hydrogens is 192 g/mol. The highest BCUT2D eigenvalue weighted by Gasteiger charge is 2.15. The van der Waals surface area contributed by atoms with Crippen molar-refractivity contribution in [1.82, 2.24) is 9.97 Å². The van der Waals surface area contributed by atoms with Crippen LogP contribution >= 0.6 is 0 Å². The van der Waals surface area contributed by atoms with E-state index in [0.717, 1.165) is 12.2 Å². The van der Waals surface area contributed by atoms with Gasteiger partial charge < -0.3 is 15.4 Å². The van der Waals surface area contributed by atoms with Gasteiger partial charge in [-0.15, -0.1) is 0 Å². The molecular formula is C10H18N4O. The van der Waals surface area contributed by atoms with Crippen LogP contribution in [0.1, 0.15) is 20.3 Å². The lowest BCUT2D eigenvalue weighted by Gasteiger charge is -2.26. The fourth-order valence-electron chi connectivity index (χ4n) is 1.30. The van der Waals surface area contributed by atoms with Crippen LogP contribution in [-0.2, 0) is 0 Å². The summed E-state index contributed by atoms with van der Waals surface area (Å²) in [6.07, 6.45) is 2.49. The normalized spacial score (nSPS) is 12.3. The lowest BCUT2D eigenvalue weighted by molar-refractivity contribution is 0.399. The van der Waals surface area contributed by atoms with Gasteiger partial charge in [0.05, 0.1) is 7.11 Å². The first-order valence-electron chi connectivity index (χ1n) is 4.99. The average Bonchev–Trinajstić information content (AvgIpc) is 2.27. The second-order valence-electron chi connectivity index (χ2n) is 3.49. The van der Waals surface area contributed by atoms with E-state index in [1.807, 2.05) is 11.9 Å². The number of aromatic nitrogens is 2. The minimum atomic E-state index is 0.381. The predicted molar refractivity (Wildman–Crippen MR) is 61.2 cm³/mol. The summed E-state index contributed by atoms with van der Waals surface area (Å²) in [4.78, 5) is 10.1. The summed E-state index contributed by atoms with van der Waals surface area (Å²) in [6.45, 7) is 4.24. The second kappa shape index (κ2) is 4.82. The highest BCUT2D eigenvalue weighted by atomic mass is 16.5. The van der Waals surface area contributed by atoms with Gasteiger partial charge >= 0.3 is 0 Å². The Morgan fingerprint density at radius 2 is 2.20 bits per heavy atom. The van der Waals surface area contributed by atoms with Crippen molar-refractivity contribution in [2.75, 3.05) is 24.8 Å². The van der Waals surface area contributed by atoms with Crippen LogP contribution in [0, 0.1) is 0 Å². The second-order valence-corrected chi connectivity index (χ2v) is 3.49. The van der Waals surface area contributed by atoms with Gasteiger partial charge in [0.25, 0.3) is 0 Å². The highest BCUT2D eigenvalue weighted by Crippen LogP contribution is 2.27. The molecule has 0 aliphatic heterocycles. The maximum Gasteiger partial charge on any atom is 0.242 e. The number of anilines is 2. The molecule has 0 fully saturated rings. The number of rotatable bonds is 4. The third kappa shape index (κ3) is 2.29. The van der Waals surface area contributed by atoms with Gasteiger partial charge in [0.2, 0.25) is 5.88 Å². The summed E-state index contributed by atoms with van der Waals surface area (Å²) in [7, 11) is 3.51. The standard InChI is InChI=1S/C10H18N4O/c1-5-7(2)14(3)9-8(11)10(15-4)13-6-12-9/h6-7H,5,11H2,1-4H3. The fourth-order valence-corrected chi connectivity index (χ4v) is 1.30. The molecule has 0 spiro atoms. The zero-order chi connectivity index (χ0) is 11.4. The molecule has 1 heterocycles. The van der Waals surface area contributed by atoms with E-state index < -0.39 is 0 Å². The third-order valence-electron chi connectivity index (χ3n) is 2.61. The molecule has 1 atom stereocenters. The highest BCUT2D eigenvalue weighted by molar-refractivity contribution is 5.67. The van der Waals surface area contributed by atoms with E-state index in [1.165, 1.54) is 6.33 Å².